The van der Waals surface area contributed by atoms with Gasteiger partial charge in [0.1, 0.15) is 0 Å². The van der Waals surface area contributed by atoms with E-state index in [0.29, 0.717) is 12.3 Å². The van der Waals surface area contributed by atoms with Crippen LogP contribution in [0, 0.1) is 6.92 Å². The first-order valence-corrected chi connectivity index (χ1v) is 9.29. The molecule has 2 fully saturated rings. The molecule has 0 radical (unpaired) electrons. The standard InChI is InChI=1S/C15H23N3O2S/c1-13-14(4-2-7-16-13)12-17-9-5-15(6-10-17)18-8-3-11-21(18,19)20/h2,4,7,15H,3,5-6,8-12H2,1H3. The summed E-state index contributed by atoms with van der Waals surface area (Å²) in [5.74, 6) is 0.335. The molecule has 0 N–H and O–H groups in total. The van der Waals surface area contributed by atoms with Crippen molar-refractivity contribution in [3.8, 4) is 0 Å². The first kappa shape index (κ1) is 14.9. The average molecular weight is 309 g/mol. The van der Waals surface area contributed by atoms with Gasteiger partial charge in [0, 0.05) is 44.1 Å². The van der Waals surface area contributed by atoms with E-state index in [2.05, 4.69) is 16.0 Å². The number of nitrogens with zero attached hydrogens (tertiary/aromatic N) is 3. The van der Waals surface area contributed by atoms with Crippen molar-refractivity contribution in [3.05, 3.63) is 29.6 Å². The van der Waals surface area contributed by atoms with Crippen molar-refractivity contribution < 1.29 is 8.42 Å². The highest BCUT2D eigenvalue weighted by Gasteiger charge is 2.35. The summed E-state index contributed by atoms with van der Waals surface area (Å²) >= 11 is 0. The quantitative estimate of drug-likeness (QED) is 0.847. The molecule has 2 saturated heterocycles. The van der Waals surface area contributed by atoms with Crippen LogP contribution in [-0.2, 0) is 16.6 Å². The predicted molar refractivity (Wildman–Crippen MR) is 82.4 cm³/mol. The van der Waals surface area contributed by atoms with Crippen LogP contribution >= 0.6 is 0 Å². The molecule has 5 nitrogen and oxygen atoms in total. The van der Waals surface area contributed by atoms with Gasteiger partial charge in [0.05, 0.1) is 5.75 Å². The zero-order valence-corrected chi connectivity index (χ0v) is 13.3. The lowest BCUT2D eigenvalue weighted by Crippen LogP contribution is -2.45. The van der Waals surface area contributed by atoms with Crippen molar-refractivity contribution >= 4 is 10.0 Å². The summed E-state index contributed by atoms with van der Waals surface area (Å²) < 4.78 is 25.7. The van der Waals surface area contributed by atoms with E-state index in [-0.39, 0.29) is 6.04 Å². The van der Waals surface area contributed by atoms with E-state index in [4.69, 9.17) is 0 Å². The first-order valence-electron chi connectivity index (χ1n) is 7.68. The van der Waals surface area contributed by atoms with Crippen LogP contribution in [0.15, 0.2) is 18.3 Å². The Morgan fingerprint density at radius 3 is 2.67 bits per heavy atom. The van der Waals surface area contributed by atoms with Gasteiger partial charge in [-0.3, -0.25) is 9.88 Å². The van der Waals surface area contributed by atoms with Gasteiger partial charge in [0.15, 0.2) is 0 Å². The van der Waals surface area contributed by atoms with Crippen molar-refractivity contribution in [1.82, 2.24) is 14.2 Å². The molecule has 1 aromatic heterocycles. The summed E-state index contributed by atoms with van der Waals surface area (Å²) in [5, 5.41) is 0. The van der Waals surface area contributed by atoms with Crippen molar-refractivity contribution in [2.24, 2.45) is 0 Å². The lowest BCUT2D eigenvalue weighted by Gasteiger charge is -2.35. The van der Waals surface area contributed by atoms with E-state index in [1.54, 1.807) is 4.31 Å². The number of hydrogen-bond acceptors (Lipinski definition) is 4. The van der Waals surface area contributed by atoms with Crippen LogP contribution in [0.4, 0.5) is 0 Å². The van der Waals surface area contributed by atoms with Crippen LogP contribution in [0.1, 0.15) is 30.5 Å². The molecule has 2 aliphatic heterocycles. The number of likely N-dealkylation sites (tertiary alicyclic amines) is 1. The minimum absolute atomic E-state index is 0.212. The topological polar surface area (TPSA) is 53.5 Å². The fourth-order valence-electron chi connectivity index (χ4n) is 3.36. The minimum Gasteiger partial charge on any atom is -0.299 e. The average Bonchev–Trinajstić information content (AvgIpc) is 2.82. The fourth-order valence-corrected chi connectivity index (χ4v) is 5.16. The Labute approximate surface area is 127 Å². The molecule has 0 aliphatic carbocycles. The van der Waals surface area contributed by atoms with Gasteiger partial charge < -0.3 is 0 Å². The second-order valence-electron chi connectivity index (χ2n) is 6.04. The molecule has 0 spiro atoms. The number of rotatable bonds is 3. The van der Waals surface area contributed by atoms with E-state index in [0.717, 1.165) is 44.6 Å². The number of piperidine rings is 1. The minimum atomic E-state index is -2.96. The smallest absolute Gasteiger partial charge is 0.214 e. The van der Waals surface area contributed by atoms with Crippen LogP contribution in [0.2, 0.25) is 0 Å². The zero-order valence-electron chi connectivity index (χ0n) is 12.5. The lowest BCUT2D eigenvalue weighted by molar-refractivity contribution is 0.157. The van der Waals surface area contributed by atoms with Crippen LogP contribution in [0.3, 0.4) is 0 Å². The van der Waals surface area contributed by atoms with Crippen molar-refractivity contribution in [1.29, 1.82) is 0 Å². The number of aryl methyl sites for hydroxylation is 1. The number of hydrogen-bond donors (Lipinski definition) is 0. The normalized spacial score (nSPS) is 24.4. The Bertz CT molecular complexity index is 595. The van der Waals surface area contributed by atoms with Crippen LogP contribution < -0.4 is 0 Å². The summed E-state index contributed by atoms with van der Waals surface area (Å²) in [7, 11) is -2.96. The largest absolute Gasteiger partial charge is 0.299 e. The third kappa shape index (κ3) is 3.27. The van der Waals surface area contributed by atoms with Crippen LogP contribution in [0.5, 0.6) is 0 Å². The highest BCUT2D eigenvalue weighted by atomic mass is 32.2. The summed E-state index contributed by atoms with van der Waals surface area (Å²) in [6, 6.07) is 4.31. The molecule has 0 saturated carbocycles. The summed E-state index contributed by atoms with van der Waals surface area (Å²) in [5.41, 5.74) is 2.35. The van der Waals surface area contributed by atoms with Gasteiger partial charge in [0.25, 0.3) is 0 Å². The molecule has 0 bridgehead atoms. The second-order valence-corrected chi connectivity index (χ2v) is 8.08. The van der Waals surface area contributed by atoms with Gasteiger partial charge in [-0.25, -0.2) is 8.42 Å². The van der Waals surface area contributed by atoms with Crippen LogP contribution in [0.25, 0.3) is 0 Å². The van der Waals surface area contributed by atoms with Crippen molar-refractivity contribution in [3.63, 3.8) is 0 Å². The molecular weight excluding hydrogens is 286 g/mol. The van der Waals surface area contributed by atoms with E-state index in [1.807, 2.05) is 19.2 Å². The molecule has 0 amide bonds. The molecule has 116 valence electrons. The Morgan fingerprint density at radius 2 is 2.05 bits per heavy atom. The van der Waals surface area contributed by atoms with Gasteiger partial charge in [0.2, 0.25) is 10.0 Å². The molecular formula is C15H23N3O2S. The molecule has 1 aromatic rings. The molecule has 6 heteroatoms. The van der Waals surface area contributed by atoms with Gasteiger partial charge in [-0.05, 0) is 37.8 Å². The van der Waals surface area contributed by atoms with E-state index >= 15 is 0 Å². The Kier molecular flexibility index (Phi) is 4.28. The number of aromatic nitrogens is 1. The highest BCUT2D eigenvalue weighted by Crippen LogP contribution is 2.25. The maximum atomic E-state index is 12.0. The Hall–Kier alpha value is -0.980. The Balaban J connectivity index is 1.57. The third-order valence-corrected chi connectivity index (χ3v) is 6.61. The van der Waals surface area contributed by atoms with Gasteiger partial charge in [-0.1, -0.05) is 6.07 Å². The Morgan fingerprint density at radius 1 is 1.29 bits per heavy atom. The second kappa shape index (κ2) is 6.02. The maximum absolute atomic E-state index is 12.0. The number of pyridine rings is 1. The van der Waals surface area contributed by atoms with Gasteiger partial charge in [-0.2, -0.15) is 4.31 Å². The molecule has 2 aliphatic rings. The molecule has 0 atom stereocenters. The first-order chi connectivity index (χ1) is 10.1. The van der Waals surface area contributed by atoms with Gasteiger partial charge in [-0.15, -0.1) is 0 Å². The van der Waals surface area contributed by atoms with Gasteiger partial charge >= 0.3 is 0 Å². The highest BCUT2D eigenvalue weighted by molar-refractivity contribution is 7.89. The maximum Gasteiger partial charge on any atom is 0.214 e. The van der Waals surface area contributed by atoms with E-state index in [1.165, 1.54) is 5.56 Å². The third-order valence-electron chi connectivity index (χ3n) is 4.61. The summed E-state index contributed by atoms with van der Waals surface area (Å²) in [6.07, 6.45) is 4.50. The monoisotopic (exact) mass is 309 g/mol. The van der Waals surface area contributed by atoms with Crippen LogP contribution in [-0.4, -0.2) is 54.0 Å². The van der Waals surface area contributed by atoms with Crippen molar-refractivity contribution in [2.45, 2.75) is 38.8 Å². The predicted octanol–water partition coefficient (Wildman–Crippen LogP) is 1.39. The fraction of sp³-hybridized carbons (Fsp3) is 0.667. The summed E-state index contributed by atoms with van der Waals surface area (Å²) in [6.45, 7) is 5.60. The van der Waals surface area contributed by atoms with Crippen molar-refractivity contribution in [2.75, 3.05) is 25.4 Å². The lowest BCUT2D eigenvalue weighted by atomic mass is 10.0. The number of sulfonamides is 1. The SMILES string of the molecule is Cc1ncccc1CN1CCC(N2CCCS2(=O)=O)CC1. The summed E-state index contributed by atoms with van der Waals surface area (Å²) in [4.78, 5) is 6.73. The molecule has 21 heavy (non-hydrogen) atoms. The van der Waals surface area contributed by atoms with E-state index < -0.39 is 10.0 Å². The zero-order chi connectivity index (χ0) is 14.9. The molecule has 0 unspecified atom stereocenters. The molecule has 3 heterocycles. The molecule has 3 rings (SSSR count). The molecule has 0 aromatic carbocycles. The van der Waals surface area contributed by atoms with E-state index in [9.17, 15) is 8.42 Å².